The quantitative estimate of drug-likeness (QED) is 0.840. The SMILES string of the molecule is Brc1ccc(COCCN2CCNCC2)cc1. The first-order chi connectivity index (χ1) is 8.34. The van der Waals surface area contributed by atoms with Gasteiger partial charge in [-0.1, -0.05) is 28.1 Å². The molecule has 0 amide bonds. The Morgan fingerprint density at radius 1 is 1.18 bits per heavy atom. The minimum absolute atomic E-state index is 0.708. The highest BCUT2D eigenvalue weighted by molar-refractivity contribution is 9.10. The Balaban J connectivity index is 1.60. The fraction of sp³-hybridized carbons (Fsp3) is 0.538. The molecule has 0 atom stereocenters. The monoisotopic (exact) mass is 298 g/mol. The average molecular weight is 299 g/mol. The van der Waals surface area contributed by atoms with E-state index in [0.29, 0.717) is 6.61 Å². The summed E-state index contributed by atoms with van der Waals surface area (Å²) in [6, 6.07) is 8.29. The van der Waals surface area contributed by atoms with Crippen LogP contribution in [0.3, 0.4) is 0 Å². The molecule has 1 aromatic carbocycles. The molecule has 1 fully saturated rings. The van der Waals surface area contributed by atoms with Crippen LogP contribution >= 0.6 is 15.9 Å². The van der Waals surface area contributed by atoms with Crippen molar-refractivity contribution in [2.75, 3.05) is 39.3 Å². The molecule has 0 aromatic heterocycles. The van der Waals surface area contributed by atoms with Crippen molar-refractivity contribution < 1.29 is 4.74 Å². The minimum Gasteiger partial charge on any atom is -0.375 e. The lowest BCUT2D eigenvalue weighted by molar-refractivity contribution is 0.0886. The number of piperazine rings is 1. The third-order valence-corrected chi connectivity index (χ3v) is 3.47. The first-order valence-electron chi connectivity index (χ1n) is 6.10. The first kappa shape index (κ1) is 13.0. The van der Waals surface area contributed by atoms with E-state index in [9.17, 15) is 0 Å². The third kappa shape index (κ3) is 4.76. The zero-order chi connectivity index (χ0) is 11.9. The smallest absolute Gasteiger partial charge is 0.0717 e. The fourth-order valence-electron chi connectivity index (χ4n) is 1.90. The number of hydrogen-bond donors (Lipinski definition) is 1. The molecular weight excluding hydrogens is 280 g/mol. The van der Waals surface area contributed by atoms with Crippen molar-refractivity contribution in [3.05, 3.63) is 34.3 Å². The van der Waals surface area contributed by atoms with Crippen LogP contribution in [0.5, 0.6) is 0 Å². The number of nitrogens with one attached hydrogen (secondary N) is 1. The van der Waals surface area contributed by atoms with E-state index in [1.165, 1.54) is 5.56 Å². The van der Waals surface area contributed by atoms with E-state index in [1.54, 1.807) is 0 Å². The van der Waals surface area contributed by atoms with E-state index in [4.69, 9.17) is 4.74 Å². The predicted octanol–water partition coefficient (Wildman–Crippen LogP) is 1.87. The Kier molecular flexibility index (Phi) is 5.45. The molecule has 0 radical (unpaired) electrons. The van der Waals surface area contributed by atoms with Gasteiger partial charge in [-0.15, -0.1) is 0 Å². The normalized spacial score (nSPS) is 17.2. The topological polar surface area (TPSA) is 24.5 Å². The molecule has 3 nitrogen and oxygen atoms in total. The Morgan fingerprint density at radius 3 is 2.59 bits per heavy atom. The second-order valence-corrected chi connectivity index (χ2v) is 5.19. The molecule has 1 saturated heterocycles. The number of benzene rings is 1. The fourth-order valence-corrected chi connectivity index (χ4v) is 2.16. The zero-order valence-corrected chi connectivity index (χ0v) is 11.6. The summed E-state index contributed by atoms with van der Waals surface area (Å²) in [5, 5.41) is 3.35. The van der Waals surface area contributed by atoms with Gasteiger partial charge >= 0.3 is 0 Å². The molecule has 0 unspecified atom stereocenters. The van der Waals surface area contributed by atoms with Gasteiger partial charge in [0.15, 0.2) is 0 Å². The van der Waals surface area contributed by atoms with Crippen LogP contribution in [0, 0.1) is 0 Å². The van der Waals surface area contributed by atoms with Crippen molar-refractivity contribution in [1.82, 2.24) is 10.2 Å². The molecule has 1 aromatic rings. The van der Waals surface area contributed by atoms with Crippen molar-refractivity contribution in [3.63, 3.8) is 0 Å². The van der Waals surface area contributed by atoms with Crippen molar-refractivity contribution in [3.8, 4) is 0 Å². The van der Waals surface area contributed by atoms with Crippen molar-refractivity contribution >= 4 is 15.9 Å². The molecule has 4 heteroatoms. The molecule has 1 N–H and O–H groups in total. The van der Waals surface area contributed by atoms with Crippen LogP contribution in [0.25, 0.3) is 0 Å². The molecule has 1 aliphatic rings. The van der Waals surface area contributed by atoms with E-state index in [-0.39, 0.29) is 0 Å². The number of nitrogens with zero attached hydrogens (tertiary/aromatic N) is 1. The molecule has 0 bridgehead atoms. The number of hydrogen-bond acceptors (Lipinski definition) is 3. The van der Waals surface area contributed by atoms with Crippen molar-refractivity contribution in [2.24, 2.45) is 0 Å². The van der Waals surface area contributed by atoms with Gasteiger partial charge in [-0.3, -0.25) is 4.90 Å². The van der Waals surface area contributed by atoms with Gasteiger partial charge in [0.1, 0.15) is 0 Å². The van der Waals surface area contributed by atoms with Crippen LogP contribution in [0.15, 0.2) is 28.7 Å². The molecular formula is C13H19BrN2O. The second-order valence-electron chi connectivity index (χ2n) is 4.27. The average Bonchev–Trinajstić information content (AvgIpc) is 2.38. The zero-order valence-electron chi connectivity index (χ0n) is 9.99. The highest BCUT2D eigenvalue weighted by atomic mass is 79.9. The van der Waals surface area contributed by atoms with Crippen LogP contribution < -0.4 is 5.32 Å². The van der Waals surface area contributed by atoms with E-state index >= 15 is 0 Å². The first-order valence-corrected chi connectivity index (χ1v) is 6.89. The van der Waals surface area contributed by atoms with Gasteiger partial charge in [-0.2, -0.15) is 0 Å². The van der Waals surface area contributed by atoms with Gasteiger partial charge in [-0.05, 0) is 17.7 Å². The van der Waals surface area contributed by atoms with Crippen LogP contribution in [0.2, 0.25) is 0 Å². The van der Waals surface area contributed by atoms with E-state index < -0.39 is 0 Å². The summed E-state index contributed by atoms with van der Waals surface area (Å²) >= 11 is 3.43. The van der Waals surface area contributed by atoms with Gasteiger partial charge in [-0.25, -0.2) is 0 Å². The highest BCUT2D eigenvalue weighted by Crippen LogP contribution is 2.11. The highest BCUT2D eigenvalue weighted by Gasteiger charge is 2.08. The maximum Gasteiger partial charge on any atom is 0.0717 e. The van der Waals surface area contributed by atoms with E-state index in [2.05, 4.69) is 50.4 Å². The summed E-state index contributed by atoms with van der Waals surface area (Å²) in [6.45, 7) is 7.05. The summed E-state index contributed by atoms with van der Waals surface area (Å²) in [7, 11) is 0. The van der Waals surface area contributed by atoms with Gasteiger partial charge in [0, 0.05) is 37.2 Å². The number of halogens is 1. The maximum atomic E-state index is 5.68. The summed E-state index contributed by atoms with van der Waals surface area (Å²) in [5.41, 5.74) is 1.23. The Labute approximate surface area is 111 Å². The maximum absolute atomic E-state index is 5.68. The summed E-state index contributed by atoms with van der Waals surface area (Å²) in [5.74, 6) is 0. The van der Waals surface area contributed by atoms with Crippen LogP contribution in [0.4, 0.5) is 0 Å². The van der Waals surface area contributed by atoms with Crippen LogP contribution in [-0.2, 0) is 11.3 Å². The lowest BCUT2D eigenvalue weighted by Gasteiger charge is -2.26. The van der Waals surface area contributed by atoms with Crippen LogP contribution in [-0.4, -0.2) is 44.2 Å². The van der Waals surface area contributed by atoms with Crippen LogP contribution in [0.1, 0.15) is 5.56 Å². The van der Waals surface area contributed by atoms with Crippen molar-refractivity contribution in [2.45, 2.75) is 6.61 Å². The minimum atomic E-state index is 0.708. The molecule has 0 spiro atoms. The number of ether oxygens (including phenoxy) is 1. The molecule has 94 valence electrons. The Bertz CT molecular complexity index is 323. The molecule has 17 heavy (non-hydrogen) atoms. The number of rotatable bonds is 5. The van der Waals surface area contributed by atoms with Crippen molar-refractivity contribution in [1.29, 1.82) is 0 Å². The van der Waals surface area contributed by atoms with Gasteiger partial charge in [0.2, 0.25) is 0 Å². The molecule has 0 saturated carbocycles. The summed E-state index contributed by atoms with van der Waals surface area (Å²) in [6.07, 6.45) is 0. The summed E-state index contributed by atoms with van der Waals surface area (Å²) in [4.78, 5) is 2.44. The standard InChI is InChI=1S/C13H19BrN2O/c14-13-3-1-12(2-4-13)11-17-10-9-16-7-5-15-6-8-16/h1-4,15H,5-11H2. The van der Waals surface area contributed by atoms with Gasteiger partial charge < -0.3 is 10.1 Å². The van der Waals surface area contributed by atoms with E-state index in [1.807, 2.05) is 0 Å². The van der Waals surface area contributed by atoms with E-state index in [0.717, 1.165) is 43.8 Å². The summed E-state index contributed by atoms with van der Waals surface area (Å²) < 4.78 is 6.80. The predicted molar refractivity (Wildman–Crippen MR) is 73.1 cm³/mol. The lowest BCUT2D eigenvalue weighted by atomic mass is 10.2. The second kappa shape index (κ2) is 7.11. The molecule has 1 heterocycles. The third-order valence-electron chi connectivity index (χ3n) is 2.94. The largest absolute Gasteiger partial charge is 0.375 e. The lowest BCUT2D eigenvalue weighted by Crippen LogP contribution is -2.44. The Morgan fingerprint density at radius 2 is 1.88 bits per heavy atom. The van der Waals surface area contributed by atoms with Gasteiger partial charge in [0.05, 0.1) is 13.2 Å². The molecule has 0 aliphatic carbocycles. The molecule has 1 aliphatic heterocycles. The molecule has 2 rings (SSSR count). The Hall–Kier alpha value is -0.420. The van der Waals surface area contributed by atoms with Gasteiger partial charge in [0.25, 0.3) is 0 Å².